The van der Waals surface area contributed by atoms with Crippen molar-refractivity contribution in [3.8, 4) is 5.75 Å². The molecular formula is C15H13N3O3. The first-order valence-electron chi connectivity index (χ1n) is 6.37. The van der Waals surface area contributed by atoms with Crippen LogP contribution in [0.5, 0.6) is 5.75 Å². The van der Waals surface area contributed by atoms with Gasteiger partial charge in [-0.05, 0) is 29.8 Å². The monoisotopic (exact) mass is 283 g/mol. The van der Waals surface area contributed by atoms with Crippen LogP contribution in [-0.2, 0) is 6.54 Å². The van der Waals surface area contributed by atoms with Crippen molar-refractivity contribution in [2.75, 3.05) is 7.11 Å². The van der Waals surface area contributed by atoms with Gasteiger partial charge in [0.15, 0.2) is 0 Å². The normalized spacial score (nSPS) is 10.7. The van der Waals surface area contributed by atoms with Crippen LogP contribution in [0.4, 0.5) is 0 Å². The minimum Gasteiger partial charge on any atom is -0.497 e. The highest BCUT2D eigenvalue weighted by molar-refractivity contribution is 6.00. The minimum atomic E-state index is -1.00. The Bertz CT molecular complexity index is 794. The molecule has 1 aromatic heterocycles. The van der Waals surface area contributed by atoms with Crippen molar-refractivity contribution in [3.05, 3.63) is 53.6 Å². The molecule has 0 aliphatic carbocycles. The van der Waals surface area contributed by atoms with Gasteiger partial charge in [-0.2, -0.15) is 0 Å². The van der Waals surface area contributed by atoms with Crippen LogP contribution in [0.2, 0.25) is 0 Å². The SMILES string of the molecule is COc1ccc(Cn2nnc3c(C(=O)O)cccc32)cc1. The fraction of sp³-hybridized carbons (Fsp3) is 0.133. The van der Waals surface area contributed by atoms with Crippen LogP contribution in [0.25, 0.3) is 11.0 Å². The van der Waals surface area contributed by atoms with E-state index >= 15 is 0 Å². The molecule has 6 heteroatoms. The molecule has 0 spiro atoms. The maximum absolute atomic E-state index is 11.2. The highest BCUT2D eigenvalue weighted by Crippen LogP contribution is 2.18. The van der Waals surface area contributed by atoms with E-state index in [-0.39, 0.29) is 5.56 Å². The molecule has 106 valence electrons. The summed E-state index contributed by atoms with van der Waals surface area (Å²) in [6, 6.07) is 12.6. The molecule has 6 nitrogen and oxygen atoms in total. The van der Waals surface area contributed by atoms with E-state index in [9.17, 15) is 4.79 Å². The van der Waals surface area contributed by atoms with Crippen molar-refractivity contribution < 1.29 is 14.6 Å². The number of nitrogens with zero attached hydrogens (tertiary/aromatic N) is 3. The highest BCUT2D eigenvalue weighted by atomic mass is 16.5. The number of carboxylic acid groups (broad SMARTS) is 1. The molecule has 0 aliphatic rings. The highest BCUT2D eigenvalue weighted by Gasteiger charge is 2.13. The van der Waals surface area contributed by atoms with Gasteiger partial charge < -0.3 is 9.84 Å². The summed E-state index contributed by atoms with van der Waals surface area (Å²) in [6.45, 7) is 0.517. The van der Waals surface area contributed by atoms with Crippen molar-refractivity contribution in [2.24, 2.45) is 0 Å². The van der Waals surface area contributed by atoms with Crippen LogP contribution in [0.15, 0.2) is 42.5 Å². The number of hydrogen-bond donors (Lipinski definition) is 1. The molecule has 0 bridgehead atoms. The first-order chi connectivity index (χ1) is 10.2. The molecule has 2 aromatic carbocycles. The average molecular weight is 283 g/mol. The van der Waals surface area contributed by atoms with Crippen molar-refractivity contribution in [2.45, 2.75) is 6.54 Å². The van der Waals surface area contributed by atoms with Gasteiger partial charge in [0.05, 0.1) is 24.7 Å². The van der Waals surface area contributed by atoms with Gasteiger partial charge >= 0.3 is 5.97 Å². The molecule has 0 amide bonds. The first kappa shape index (κ1) is 13.1. The summed E-state index contributed by atoms with van der Waals surface area (Å²) in [5, 5.41) is 17.2. The number of carbonyl (C=O) groups is 1. The van der Waals surface area contributed by atoms with E-state index in [4.69, 9.17) is 9.84 Å². The predicted molar refractivity (Wildman–Crippen MR) is 76.6 cm³/mol. The van der Waals surface area contributed by atoms with E-state index in [2.05, 4.69) is 10.3 Å². The van der Waals surface area contributed by atoms with E-state index in [1.165, 1.54) is 6.07 Å². The minimum absolute atomic E-state index is 0.161. The lowest BCUT2D eigenvalue weighted by Crippen LogP contribution is -2.02. The molecule has 1 heterocycles. The number of carboxylic acids is 1. The molecule has 21 heavy (non-hydrogen) atoms. The molecule has 0 atom stereocenters. The maximum Gasteiger partial charge on any atom is 0.338 e. The second-order valence-electron chi connectivity index (χ2n) is 4.57. The zero-order chi connectivity index (χ0) is 14.8. The van der Waals surface area contributed by atoms with E-state index in [0.29, 0.717) is 17.6 Å². The zero-order valence-electron chi connectivity index (χ0n) is 11.4. The second kappa shape index (κ2) is 5.24. The van der Waals surface area contributed by atoms with Crippen molar-refractivity contribution in [1.82, 2.24) is 15.0 Å². The van der Waals surface area contributed by atoms with E-state index in [1.54, 1.807) is 17.9 Å². The number of aromatic nitrogens is 3. The lowest BCUT2D eigenvalue weighted by Gasteiger charge is -2.04. The van der Waals surface area contributed by atoms with Gasteiger partial charge in [0, 0.05) is 0 Å². The van der Waals surface area contributed by atoms with E-state index in [1.807, 2.05) is 30.3 Å². The summed E-state index contributed by atoms with van der Waals surface area (Å²) in [5.41, 5.74) is 2.29. The van der Waals surface area contributed by atoms with Gasteiger partial charge in [-0.15, -0.1) is 5.10 Å². The molecule has 0 fully saturated rings. The van der Waals surface area contributed by atoms with Gasteiger partial charge in [0.1, 0.15) is 11.3 Å². The number of hydrogen-bond acceptors (Lipinski definition) is 4. The molecule has 0 aliphatic heterocycles. The van der Waals surface area contributed by atoms with E-state index in [0.717, 1.165) is 11.3 Å². The summed E-state index contributed by atoms with van der Waals surface area (Å²) in [7, 11) is 1.62. The van der Waals surface area contributed by atoms with Crippen molar-refractivity contribution >= 4 is 17.0 Å². The fourth-order valence-electron chi connectivity index (χ4n) is 2.18. The summed E-state index contributed by atoms with van der Waals surface area (Å²) in [6.07, 6.45) is 0. The molecule has 1 N–H and O–H groups in total. The predicted octanol–water partition coefficient (Wildman–Crippen LogP) is 2.19. The van der Waals surface area contributed by atoms with Crippen molar-refractivity contribution in [1.29, 1.82) is 0 Å². The molecule has 0 saturated heterocycles. The number of aromatic carboxylic acids is 1. The third kappa shape index (κ3) is 2.43. The van der Waals surface area contributed by atoms with Gasteiger partial charge in [-0.25, -0.2) is 9.48 Å². The number of rotatable bonds is 4. The molecule has 0 unspecified atom stereocenters. The van der Waals surface area contributed by atoms with Gasteiger partial charge in [0.2, 0.25) is 0 Å². The Labute approximate surface area is 120 Å². The third-order valence-corrected chi connectivity index (χ3v) is 3.27. The lowest BCUT2D eigenvalue weighted by molar-refractivity contribution is 0.0699. The standard InChI is InChI=1S/C15H13N3O3/c1-21-11-7-5-10(6-8-11)9-18-13-4-2-3-12(15(19)20)14(13)16-17-18/h2-8H,9H2,1H3,(H,19,20). The zero-order valence-corrected chi connectivity index (χ0v) is 11.4. The molecule has 3 rings (SSSR count). The Morgan fingerprint density at radius 2 is 2.00 bits per heavy atom. The maximum atomic E-state index is 11.2. The summed E-state index contributed by atoms with van der Waals surface area (Å²) >= 11 is 0. The fourth-order valence-corrected chi connectivity index (χ4v) is 2.18. The third-order valence-electron chi connectivity index (χ3n) is 3.27. The smallest absolute Gasteiger partial charge is 0.338 e. The van der Waals surface area contributed by atoms with Crippen LogP contribution in [-0.4, -0.2) is 33.2 Å². The largest absolute Gasteiger partial charge is 0.497 e. The Balaban J connectivity index is 1.97. The number of ether oxygens (including phenoxy) is 1. The van der Waals surface area contributed by atoms with Gasteiger partial charge in [0.25, 0.3) is 0 Å². The first-order valence-corrected chi connectivity index (χ1v) is 6.37. The Morgan fingerprint density at radius 1 is 1.24 bits per heavy atom. The average Bonchev–Trinajstić information content (AvgIpc) is 2.91. The summed E-state index contributed by atoms with van der Waals surface area (Å²) < 4.78 is 6.80. The quantitative estimate of drug-likeness (QED) is 0.794. The molecule has 0 radical (unpaired) electrons. The number of methoxy groups -OCH3 is 1. The summed E-state index contributed by atoms with van der Waals surface area (Å²) in [4.78, 5) is 11.2. The Morgan fingerprint density at radius 3 is 2.67 bits per heavy atom. The molecule has 0 saturated carbocycles. The van der Waals surface area contributed by atoms with Crippen LogP contribution in [0, 0.1) is 0 Å². The van der Waals surface area contributed by atoms with Crippen LogP contribution in [0.1, 0.15) is 15.9 Å². The number of benzene rings is 2. The van der Waals surface area contributed by atoms with Crippen molar-refractivity contribution in [3.63, 3.8) is 0 Å². The van der Waals surface area contributed by atoms with E-state index < -0.39 is 5.97 Å². The molecule has 3 aromatic rings. The molecular weight excluding hydrogens is 270 g/mol. The van der Waals surface area contributed by atoms with Gasteiger partial charge in [-0.3, -0.25) is 0 Å². The summed E-state index contributed by atoms with van der Waals surface area (Å²) in [5.74, 6) is -0.215. The second-order valence-corrected chi connectivity index (χ2v) is 4.57. The topological polar surface area (TPSA) is 77.2 Å². The Kier molecular flexibility index (Phi) is 3.27. The number of fused-ring (bicyclic) bond motifs is 1. The van der Waals surface area contributed by atoms with Crippen LogP contribution in [0.3, 0.4) is 0 Å². The van der Waals surface area contributed by atoms with Gasteiger partial charge in [-0.1, -0.05) is 23.4 Å². The van der Waals surface area contributed by atoms with Crippen LogP contribution < -0.4 is 4.74 Å². The Hall–Kier alpha value is -2.89. The lowest BCUT2D eigenvalue weighted by atomic mass is 10.2. The van der Waals surface area contributed by atoms with Crippen LogP contribution >= 0.6 is 0 Å².